The van der Waals surface area contributed by atoms with Crippen LogP contribution in [0.3, 0.4) is 0 Å². The lowest BCUT2D eigenvalue weighted by atomic mass is 10.2. The van der Waals surface area contributed by atoms with Gasteiger partial charge in [-0.15, -0.1) is 0 Å². The second-order valence-corrected chi connectivity index (χ2v) is 4.85. The van der Waals surface area contributed by atoms with Crippen molar-refractivity contribution < 1.29 is 9.53 Å². The van der Waals surface area contributed by atoms with E-state index in [9.17, 15) is 4.79 Å². The van der Waals surface area contributed by atoms with Gasteiger partial charge in [0, 0.05) is 24.8 Å². The number of methoxy groups -OCH3 is 1. The van der Waals surface area contributed by atoms with Crippen LogP contribution < -0.4 is 15.4 Å². The van der Waals surface area contributed by atoms with Gasteiger partial charge in [0.2, 0.25) is 11.8 Å². The molecule has 1 aromatic rings. The molecule has 5 nitrogen and oxygen atoms in total. The third-order valence-corrected chi connectivity index (χ3v) is 3.40. The van der Waals surface area contributed by atoms with Crippen LogP contribution in [-0.4, -0.2) is 30.6 Å². The normalized spacial score (nSPS) is 15.4. The maximum Gasteiger partial charge on any atom is 0.234 e. The Labute approximate surface area is 113 Å². The zero-order chi connectivity index (χ0) is 13.5. The average molecular weight is 263 g/mol. The molecule has 1 aromatic heterocycles. The van der Waals surface area contributed by atoms with E-state index in [-0.39, 0.29) is 5.91 Å². The number of hydrogen-bond acceptors (Lipinski definition) is 4. The van der Waals surface area contributed by atoms with Crippen molar-refractivity contribution in [3.05, 3.63) is 23.9 Å². The Balaban J connectivity index is 1.70. The molecule has 0 unspecified atom stereocenters. The Morgan fingerprint density at radius 1 is 1.47 bits per heavy atom. The maximum atomic E-state index is 11.7. The molecular weight excluding hydrogens is 242 g/mol. The van der Waals surface area contributed by atoms with Gasteiger partial charge >= 0.3 is 0 Å². The average Bonchev–Trinajstić information content (AvgIpc) is 2.96. The van der Waals surface area contributed by atoms with E-state index in [2.05, 4.69) is 15.6 Å². The van der Waals surface area contributed by atoms with Crippen molar-refractivity contribution >= 4 is 5.91 Å². The lowest BCUT2D eigenvalue weighted by Crippen LogP contribution is -2.37. The summed E-state index contributed by atoms with van der Waals surface area (Å²) < 4.78 is 5.04. The van der Waals surface area contributed by atoms with Gasteiger partial charge in [-0.3, -0.25) is 4.79 Å². The number of carbonyl (C=O) groups is 1. The molecule has 104 valence electrons. The fourth-order valence-electron chi connectivity index (χ4n) is 2.30. The molecular formula is C14H21N3O2. The van der Waals surface area contributed by atoms with E-state index >= 15 is 0 Å². The zero-order valence-corrected chi connectivity index (χ0v) is 11.3. The maximum absolute atomic E-state index is 11.7. The molecule has 2 N–H and O–H groups in total. The molecule has 1 fully saturated rings. The Morgan fingerprint density at radius 3 is 3.00 bits per heavy atom. The van der Waals surface area contributed by atoms with Crippen molar-refractivity contribution in [1.82, 2.24) is 15.6 Å². The number of nitrogens with one attached hydrogen (secondary N) is 2. The quantitative estimate of drug-likeness (QED) is 0.810. The van der Waals surface area contributed by atoms with Crippen molar-refractivity contribution in [3.8, 4) is 5.88 Å². The van der Waals surface area contributed by atoms with Crippen LogP contribution in [0.4, 0.5) is 0 Å². The van der Waals surface area contributed by atoms with Crippen LogP contribution in [0.15, 0.2) is 18.3 Å². The molecule has 0 aromatic carbocycles. The highest BCUT2D eigenvalue weighted by Crippen LogP contribution is 2.17. The van der Waals surface area contributed by atoms with Crippen LogP contribution in [0.2, 0.25) is 0 Å². The Morgan fingerprint density at radius 2 is 2.26 bits per heavy atom. The van der Waals surface area contributed by atoms with Crippen molar-refractivity contribution in [2.24, 2.45) is 0 Å². The number of ether oxygens (including phenoxy) is 1. The molecule has 5 heteroatoms. The topological polar surface area (TPSA) is 63.2 Å². The summed E-state index contributed by atoms with van der Waals surface area (Å²) in [4.78, 5) is 15.7. The highest BCUT2D eigenvalue weighted by Gasteiger charge is 2.14. The summed E-state index contributed by atoms with van der Waals surface area (Å²) in [7, 11) is 1.58. The first kappa shape index (κ1) is 13.8. The van der Waals surface area contributed by atoms with E-state index in [1.54, 1.807) is 13.3 Å². The highest BCUT2D eigenvalue weighted by molar-refractivity contribution is 5.78. The molecule has 1 aliphatic carbocycles. The lowest BCUT2D eigenvalue weighted by molar-refractivity contribution is -0.120. The van der Waals surface area contributed by atoms with E-state index in [4.69, 9.17) is 4.74 Å². The van der Waals surface area contributed by atoms with Crippen LogP contribution in [-0.2, 0) is 11.3 Å². The third kappa shape index (κ3) is 4.52. The van der Waals surface area contributed by atoms with Crippen molar-refractivity contribution in [2.45, 2.75) is 38.3 Å². The lowest BCUT2D eigenvalue weighted by Gasteiger charge is -2.11. The minimum Gasteiger partial charge on any atom is -0.481 e. The first-order chi connectivity index (χ1) is 9.28. The van der Waals surface area contributed by atoms with E-state index in [1.807, 2.05) is 12.1 Å². The molecule has 0 spiro atoms. The van der Waals surface area contributed by atoms with E-state index in [0.29, 0.717) is 25.0 Å². The predicted molar refractivity (Wildman–Crippen MR) is 72.9 cm³/mol. The van der Waals surface area contributed by atoms with Gasteiger partial charge in [-0.25, -0.2) is 4.98 Å². The predicted octanol–water partition coefficient (Wildman–Crippen LogP) is 1.24. The number of carbonyl (C=O) groups excluding carboxylic acids is 1. The second kappa shape index (κ2) is 7.09. The summed E-state index contributed by atoms with van der Waals surface area (Å²) in [6.07, 6.45) is 6.60. The van der Waals surface area contributed by atoms with Gasteiger partial charge in [-0.05, 0) is 24.5 Å². The molecule has 1 aliphatic rings. The number of rotatable bonds is 6. The monoisotopic (exact) mass is 263 g/mol. The summed E-state index contributed by atoms with van der Waals surface area (Å²) >= 11 is 0. The summed E-state index contributed by atoms with van der Waals surface area (Å²) in [6.45, 7) is 0.900. The molecule has 0 bridgehead atoms. The Kier molecular flexibility index (Phi) is 5.15. The molecule has 1 heterocycles. The summed E-state index contributed by atoms with van der Waals surface area (Å²) in [5.74, 6) is 0.596. The van der Waals surface area contributed by atoms with Gasteiger partial charge in [0.1, 0.15) is 0 Å². The largest absolute Gasteiger partial charge is 0.481 e. The van der Waals surface area contributed by atoms with Gasteiger partial charge in [0.15, 0.2) is 0 Å². The Bertz CT molecular complexity index is 417. The van der Waals surface area contributed by atoms with Crippen LogP contribution in [0.1, 0.15) is 31.2 Å². The van der Waals surface area contributed by atoms with Crippen LogP contribution in [0.25, 0.3) is 0 Å². The van der Waals surface area contributed by atoms with Gasteiger partial charge in [0.25, 0.3) is 0 Å². The number of pyridine rings is 1. The Hall–Kier alpha value is -1.62. The van der Waals surface area contributed by atoms with Gasteiger partial charge in [-0.1, -0.05) is 12.8 Å². The minimum absolute atomic E-state index is 0.0303. The number of amides is 1. The van der Waals surface area contributed by atoms with Crippen molar-refractivity contribution in [2.75, 3.05) is 13.7 Å². The van der Waals surface area contributed by atoms with E-state index in [0.717, 1.165) is 5.56 Å². The molecule has 1 saturated carbocycles. The fraction of sp³-hybridized carbons (Fsp3) is 0.571. The summed E-state index contributed by atoms with van der Waals surface area (Å²) in [6, 6.07) is 4.21. The number of aromatic nitrogens is 1. The van der Waals surface area contributed by atoms with Gasteiger partial charge in [-0.2, -0.15) is 0 Å². The minimum atomic E-state index is 0.0303. The van der Waals surface area contributed by atoms with Crippen molar-refractivity contribution in [3.63, 3.8) is 0 Å². The van der Waals surface area contributed by atoms with E-state index < -0.39 is 0 Å². The molecule has 1 amide bonds. The molecule has 0 radical (unpaired) electrons. The molecule has 0 saturated heterocycles. The van der Waals surface area contributed by atoms with Gasteiger partial charge < -0.3 is 15.4 Å². The fourth-order valence-corrected chi connectivity index (χ4v) is 2.30. The first-order valence-electron chi connectivity index (χ1n) is 6.77. The first-order valence-corrected chi connectivity index (χ1v) is 6.77. The third-order valence-electron chi connectivity index (χ3n) is 3.40. The highest BCUT2D eigenvalue weighted by atomic mass is 16.5. The van der Waals surface area contributed by atoms with Crippen LogP contribution in [0, 0.1) is 0 Å². The zero-order valence-electron chi connectivity index (χ0n) is 11.3. The standard InChI is InChI=1S/C14H21N3O2/c1-19-14-8-11(6-7-15-14)9-17-13(18)10-16-12-4-2-3-5-12/h6-8,12,16H,2-5,9-10H2,1H3,(H,17,18). The summed E-state index contributed by atoms with van der Waals surface area (Å²) in [5, 5.41) is 6.18. The molecule has 2 rings (SSSR count). The molecule has 0 atom stereocenters. The smallest absolute Gasteiger partial charge is 0.234 e. The van der Waals surface area contributed by atoms with E-state index in [1.165, 1.54) is 25.7 Å². The van der Waals surface area contributed by atoms with Gasteiger partial charge in [0.05, 0.1) is 13.7 Å². The molecule has 0 aliphatic heterocycles. The molecule has 19 heavy (non-hydrogen) atoms. The second-order valence-electron chi connectivity index (χ2n) is 4.85. The van der Waals surface area contributed by atoms with Crippen LogP contribution >= 0.6 is 0 Å². The summed E-state index contributed by atoms with van der Waals surface area (Å²) in [5.41, 5.74) is 0.987. The number of hydrogen-bond donors (Lipinski definition) is 2. The van der Waals surface area contributed by atoms with Crippen LogP contribution in [0.5, 0.6) is 5.88 Å². The number of nitrogens with zero attached hydrogens (tertiary/aromatic N) is 1. The SMILES string of the molecule is COc1cc(CNC(=O)CNC2CCCC2)ccn1. The van der Waals surface area contributed by atoms with Crippen molar-refractivity contribution in [1.29, 1.82) is 0 Å².